The van der Waals surface area contributed by atoms with E-state index in [9.17, 15) is 0 Å². The first-order valence-corrected chi connectivity index (χ1v) is 15.2. The van der Waals surface area contributed by atoms with Crippen LogP contribution in [0, 0.1) is 5.92 Å². The van der Waals surface area contributed by atoms with Crippen LogP contribution in [-0.4, -0.2) is 13.3 Å². The summed E-state index contributed by atoms with van der Waals surface area (Å²) in [5.74, 6) is 6.99. The normalized spacial score (nSPS) is 15.7. The Morgan fingerprint density at radius 1 is 0.857 bits per heavy atom. The Labute approximate surface area is 134 Å². The van der Waals surface area contributed by atoms with E-state index in [4.69, 9.17) is 1.37 Å². The SMILES string of the molecule is [2H]C(C)(c1cc(-c2ccccc2)cc[c]1[Ge]([CH3])([CH3])[CH3])C(C)C. The summed E-state index contributed by atoms with van der Waals surface area (Å²) in [5.41, 5.74) is 3.69. The van der Waals surface area contributed by atoms with Gasteiger partial charge in [0, 0.05) is 0 Å². The molecule has 0 nitrogen and oxygen atoms in total. The molecule has 0 aromatic heterocycles. The van der Waals surface area contributed by atoms with Crippen LogP contribution >= 0.6 is 0 Å². The maximum atomic E-state index is 8.93. The number of hydrogen-bond acceptors (Lipinski definition) is 0. The number of rotatable bonds is 4. The Bertz CT molecular complexity index is 637. The van der Waals surface area contributed by atoms with Crippen LogP contribution in [0.3, 0.4) is 0 Å². The van der Waals surface area contributed by atoms with Crippen molar-refractivity contribution >= 4 is 17.7 Å². The fourth-order valence-corrected chi connectivity index (χ4v) is 6.13. The van der Waals surface area contributed by atoms with Gasteiger partial charge in [0.15, 0.2) is 0 Å². The summed E-state index contributed by atoms with van der Waals surface area (Å²) >= 11 is -2.01. The van der Waals surface area contributed by atoms with Crippen molar-refractivity contribution in [3.63, 3.8) is 0 Å². The molecular weight excluding hydrogens is 313 g/mol. The molecule has 1 heteroatoms. The second-order valence-electron chi connectivity index (χ2n) is 7.21. The minimum absolute atomic E-state index is 0.294. The first kappa shape index (κ1) is 14.9. The van der Waals surface area contributed by atoms with E-state index in [0.717, 1.165) is 0 Å². The molecule has 0 aliphatic heterocycles. The summed E-state index contributed by atoms with van der Waals surface area (Å²) in [7, 11) is 0. The zero-order valence-corrected chi connectivity index (χ0v) is 16.3. The van der Waals surface area contributed by atoms with E-state index in [-0.39, 0.29) is 0 Å². The van der Waals surface area contributed by atoms with Crippen molar-refractivity contribution in [1.29, 1.82) is 0 Å². The molecule has 0 bridgehead atoms. The molecule has 0 fully saturated rings. The van der Waals surface area contributed by atoms with Crippen molar-refractivity contribution in [2.45, 2.75) is 43.9 Å². The quantitative estimate of drug-likeness (QED) is 0.629. The Morgan fingerprint density at radius 2 is 1.48 bits per heavy atom. The van der Waals surface area contributed by atoms with E-state index in [1.54, 1.807) is 0 Å². The summed E-state index contributed by atoms with van der Waals surface area (Å²) < 4.78 is 10.4. The molecule has 0 saturated carbocycles. The van der Waals surface area contributed by atoms with E-state index < -0.39 is 19.2 Å². The van der Waals surface area contributed by atoms with Gasteiger partial charge in [0.05, 0.1) is 0 Å². The van der Waals surface area contributed by atoms with Crippen LogP contribution in [-0.2, 0) is 0 Å². The van der Waals surface area contributed by atoms with Gasteiger partial charge in [-0.25, -0.2) is 0 Å². The third-order valence-corrected chi connectivity index (χ3v) is 8.53. The monoisotopic (exact) mass is 343 g/mol. The van der Waals surface area contributed by atoms with Crippen LogP contribution in [0.5, 0.6) is 0 Å². The number of hydrogen-bond donors (Lipinski definition) is 0. The molecule has 0 amide bonds. The topological polar surface area (TPSA) is 0 Å². The summed E-state index contributed by atoms with van der Waals surface area (Å²) in [5, 5.41) is 0. The van der Waals surface area contributed by atoms with Crippen LogP contribution in [0.15, 0.2) is 48.5 Å². The van der Waals surface area contributed by atoms with Crippen LogP contribution in [0.4, 0.5) is 0 Å². The molecule has 0 N–H and O–H groups in total. The second kappa shape index (κ2) is 6.39. The van der Waals surface area contributed by atoms with Crippen molar-refractivity contribution in [2.24, 2.45) is 5.92 Å². The van der Waals surface area contributed by atoms with Crippen molar-refractivity contribution in [2.75, 3.05) is 0 Å². The predicted octanol–water partition coefficient (Wildman–Crippen LogP) is 5.66. The van der Waals surface area contributed by atoms with Gasteiger partial charge in [-0.3, -0.25) is 0 Å². The first-order chi connectivity index (χ1) is 10.1. The molecule has 2 rings (SSSR count). The fraction of sp³-hybridized carbons (Fsp3) is 0.400. The Kier molecular flexibility index (Phi) is 4.54. The fourth-order valence-electron chi connectivity index (χ4n) is 2.65. The molecule has 0 heterocycles. The molecule has 0 spiro atoms. The Hall–Kier alpha value is -1.02. The van der Waals surface area contributed by atoms with Gasteiger partial charge >= 0.3 is 134 Å². The van der Waals surface area contributed by atoms with Crippen molar-refractivity contribution < 1.29 is 1.37 Å². The minimum atomic E-state index is -2.01. The van der Waals surface area contributed by atoms with Gasteiger partial charge < -0.3 is 0 Å². The zero-order valence-electron chi connectivity index (χ0n) is 15.2. The van der Waals surface area contributed by atoms with Crippen molar-refractivity contribution in [1.82, 2.24) is 0 Å². The summed E-state index contributed by atoms with van der Waals surface area (Å²) in [6.45, 7) is 6.38. The second-order valence-corrected chi connectivity index (χ2v) is 17.8. The van der Waals surface area contributed by atoms with Gasteiger partial charge in [-0.15, -0.1) is 0 Å². The average Bonchev–Trinajstić information content (AvgIpc) is 2.46. The molecule has 112 valence electrons. The van der Waals surface area contributed by atoms with Crippen molar-refractivity contribution in [3.05, 3.63) is 54.1 Å². The molecule has 2 aromatic rings. The Morgan fingerprint density at radius 3 is 2.00 bits per heavy atom. The third kappa shape index (κ3) is 3.79. The molecule has 0 aliphatic rings. The molecule has 1 unspecified atom stereocenters. The zero-order chi connectivity index (χ0) is 16.5. The van der Waals surface area contributed by atoms with E-state index in [0.29, 0.717) is 5.92 Å². The van der Waals surface area contributed by atoms with E-state index in [1.807, 2.05) is 6.07 Å². The van der Waals surface area contributed by atoms with Crippen molar-refractivity contribution in [3.8, 4) is 11.1 Å². The molecule has 1 atom stereocenters. The molecule has 0 aliphatic carbocycles. The molecule has 0 radical (unpaired) electrons. The molecular formula is C20H28Ge. The van der Waals surface area contributed by atoms with Gasteiger partial charge in [0.1, 0.15) is 0 Å². The van der Waals surface area contributed by atoms with Gasteiger partial charge in [-0.2, -0.15) is 0 Å². The first-order valence-electron chi connectivity index (χ1n) is 8.34. The Balaban J connectivity index is 2.66. The standard InChI is InChI=1S/C20H28Ge/c1-15(2)16(3)19-14-18(17-10-8-7-9-11-17)12-13-20(19)21(4,5)6/h7-16H,1-6H3/i16D. The van der Waals surface area contributed by atoms with E-state index in [1.165, 1.54) is 21.1 Å². The van der Waals surface area contributed by atoms with Gasteiger partial charge in [-0.1, -0.05) is 0 Å². The van der Waals surface area contributed by atoms with Gasteiger partial charge in [0.2, 0.25) is 0 Å². The third-order valence-electron chi connectivity index (χ3n) is 4.23. The summed E-state index contributed by atoms with van der Waals surface area (Å²) in [4.78, 5) is 0. The van der Waals surface area contributed by atoms with Crippen LogP contribution < -0.4 is 4.40 Å². The molecule has 21 heavy (non-hydrogen) atoms. The van der Waals surface area contributed by atoms with Crippen LogP contribution in [0.2, 0.25) is 17.3 Å². The van der Waals surface area contributed by atoms with Crippen LogP contribution in [0.25, 0.3) is 11.1 Å². The molecule has 0 saturated heterocycles. The maximum absolute atomic E-state index is 8.93. The number of benzene rings is 2. The average molecular weight is 342 g/mol. The predicted molar refractivity (Wildman–Crippen MR) is 98.1 cm³/mol. The summed E-state index contributed by atoms with van der Waals surface area (Å²) in [6, 6.07) is 17.3. The van der Waals surface area contributed by atoms with E-state index in [2.05, 4.69) is 80.5 Å². The summed E-state index contributed by atoms with van der Waals surface area (Å²) in [6.07, 6.45) is 0. The van der Waals surface area contributed by atoms with Gasteiger partial charge in [0.25, 0.3) is 0 Å². The molecule has 2 aromatic carbocycles. The van der Waals surface area contributed by atoms with E-state index >= 15 is 0 Å². The van der Waals surface area contributed by atoms with Gasteiger partial charge in [-0.05, 0) is 0 Å². The van der Waals surface area contributed by atoms with Crippen LogP contribution in [0.1, 0.15) is 33.6 Å².